The van der Waals surface area contributed by atoms with Crippen LogP contribution in [0.4, 0.5) is 4.79 Å². The molecular formula is C22H30N2O4. The SMILES string of the molecule is C/C=C/c1c(O)ccc2c(CCC3CCN(C(=O)OC(C)(C)C)CC3)noc12. The molecule has 1 aliphatic rings. The Morgan fingerprint density at radius 3 is 2.71 bits per heavy atom. The van der Waals surface area contributed by atoms with E-state index in [1.807, 2.05) is 45.9 Å². The lowest BCUT2D eigenvalue weighted by Crippen LogP contribution is -2.41. The molecule has 0 spiro atoms. The zero-order chi connectivity index (χ0) is 20.3. The maximum Gasteiger partial charge on any atom is 0.410 e. The number of fused-ring (bicyclic) bond motifs is 1. The molecule has 1 fully saturated rings. The first kappa shape index (κ1) is 20.2. The van der Waals surface area contributed by atoms with Crippen LogP contribution in [0.5, 0.6) is 5.75 Å². The lowest BCUT2D eigenvalue weighted by atomic mass is 9.91. The highest BCUT2D eigenvalue weighted by molar-refractivity contribution is 5.89. The molecule has 1 saturated heterocycles. The van der Waals surface area contributed by atoms with Gasteiger partial charge < -0.3 is 19.3 Å². The summed E-state index contributed by atoms with van der Waals surface area (Å²) >= 11 is 0. The fourth-order valence-electron chi connectivity index (χ4n) is 3.64. The first-order chi connectivity index (χ1) is 13.3. The fourth-order valence-corrected chi connectivity index (χ4v) is 3.64. The number of aryl methyl sites for hydroxylation is 1. The predicted octanol–water partition coefficient (Wildman–Crippen LogP) is 5.15. The zero-order valence-electron chi connectivity index (χ0n) is 17.2. The molecule has 28 heavy (non-hydrogen) atoms. The van der Waals surface area contributed by atoms with Gasteiger partial charge in [-0.3, -0.25) is 0 Å². The predicted molar refractivity (Wildman–Crippen MR) is 109 cm³/mol. The number of phenolic OH excluding ortho intramolecular Hbond substituents is 1. The van der Waals surface area contributed by atoms with Crippen LogP contribution in [0.15, 0.2) is 22.7 Å². The van der Waals surface area contributed by atoms with Crippen molar-refractivity contribution in [3.8, 4) is 5.75 Å². The van der Waals surface area contributed by atoms with Crippen LogP contribution < -0.4 is 0 Å². The standard InChI is InChI=1S/C22H30N2O4/c1-5-6-17-19(25)10-8-16-18(23-28-20(16)17)9-7-15-11-13-24(14-12-15)21(26)27-22(2,3)4/h5-6,8,10,15,25H,7,9,11-14H2,1-4H3/b6-5+. The molecule has 6 heteroatoms. The summed E-state index contributed by atoms with van der Waals surface area (Å²) in [6.07, 6.45) is 7.26. The number of carbonyl (C=O) groups excluding carboxylic acids is 1. The van der Waals surface area contributed by atoms with Gasteiger partial charge in [0.2, 0.25) is 0 Å². The van der Waals surface area contributed by atoms with Crippen LogP contribution in [-0.2, 0) is 11.2 Å². The van der Waals surface area contributed by atoms with Crippen LogP contribution in [0.1, 0.15) is 58.2 Å². The van der Waals surface area contributed by atoms with Gasteiger partial charge in [-0.2, -0.15) is 0 Å². The van der Waals surface area contributed by atoms with Gasteiger partial charge in [-0.15, -0.1) is 0 Å². The van der Waals surface area contributed by atoms with Crippen molar-refractivity contribution >= 4 is 23.1 Å². The summed E-state index contributed by atoms with van der Waals surface area (Å²) in [6, 6.07) is 3.56. The Balaban J connectivity index is 1.58. The summed E-state index contributed by atoms with van der Waals surface area (Å²) < 4.78 is 11.0. The van der Waals surface area contributed by atoms with Gasteiger partial charge in [0.05, 0.1) is 11.3 Å². The maximum absolute atomic E-state index is 12.2. The van der Waals surface area contributed by atoms with E-state index in [1.54, 1.807) is 11.0 Å². The van der Waals surface area contributed by atoms with Gasteiger partial charge in [-0.1, -0.05) is 17.3 Å². The number of benzene rings is 1. The van der Waals surface area contributed by atoms with Crippen molar-refractivity contribution in [2.45, 2.75) is 59.0 Å². The average Bonchev–Trinajstić information content (AvgIpc) is 3.04. The number of amides is 1. The number of aromatic hydroxyl groups is 1. The Bertz CT molecular complexity index is 855. The molecule has 1 aromatic heterocycles. The number of phenols is 1. The quantitative estimate of drug-likeness (QED) is 0.787. The first-order valence-electron chi connectivity index (χ1n) is 9.99. The fraction of sp³-hybridized carbons (Fsp3) is 0.545. The topological polar surface area (TPSA) is 75.8 Å². The lowest BCUT2D eigenvalue weighted by Gasteiger charge is -2.33. The number of aromatic nitrogens is 1. The van der Waals surface area contributed by atoms with Crippen LogP contribution in [0.25, 0.3) is 17.0 Å². The molecule has 0 saturated carbocycles. The van der Waals surface area contributed by atoms with Crippen LogP contribution in [0.3, 0.4) is 0 Å². The monoisotopic (exact) mass is 386 g/mol. The Morgan fingerprint density at radius 1 is 1.36 bits per heavy atom. The Hall–Kier alpha value is -2.50. The molecule has 1 amide bonds. The molecule has 0 bridgehead atoms. The number of allylic oxidation sites excluding steroid dienone is 1. The molecule has 1 aromatic carbocycles. The third kappa shape index (κ3) is 4.66. The van der Waals surface area contributed by atoms with E-state index in [0.29, 0.717) is 17.1 Å². The third-order valence-electron chi connectivity index (χ3n) is 5.12. The summed E-state index contributed by atoms with van der Waals surface area (Å²) in [5, 5.41) is 15.2. The number of nitrogens with zero attached hydrogens (tertiary/aromatic N) is 2. The molecule has 6 nitrogen and oxygen atoms in total. The number of hydrogen-bond acceptors (Lipinski definition) is 5. The smallest absolute Gasteiger partial charge is 0.410 e. The van der Waals surface area contributed by atoms with Gasteiger partial charge in [0.25, 0.3) is 0 Å². The molecule has 0 aliphatic carbocycles. The second-order valence-corrected chi connectivity index (χ2v) is 8.45. The number of rotatable bonds is 4. The van der Waals surface area contributed by atoms with Crippen LogP contribution in [0.2, 0.25) is 0 Å². The van der Waals surface area contributed by atoms with Crippen molar-refractivity contribution in [2.24, 2.45) is 5.92 Å². The van der Waals surface area contributed by atoms with Gasteiger partial charge in [-0.05, 0) is 71.4 Å². The molecule has 152 valence electrons. The second kappa shape index (κ2) is 8.25. The minimum absolute atomic E-state index is 0.197. The largest absolute Gasteiger partial charge is 0.507 e. The van der Waals surface area contributed by atoms with Crippen molar-refractivity contribution in [1.82, 2.24) is 10.1 Å². The Morgan fingerprint density at radius 2 is 2.07 bits per heavy atom. The van der Waals surface area contributed by atoms with Gasteiger partial charge in [0, 0.05) is 18.5 Å². The highest BCUT2D eigenvalue weighted by Crippen LogP contribution is 2.32. The van der Waals surface area contributed by atoms with E-state index >= 15 is 0 Å². The Kier molecular flexibility index (Phi) is 5.96. The maximum atomic E-state index is 12.2. The van der Waals surface area contributed by atoms with Gasteiger partial charge in [0.1, 0.15) is 11.4 Å². The minimum atomic E-state index is -0.456. The van der Waals surface area contributed by atoms with E-state index in [2.05, 4.69) is 5.16 Å². The van der Waals surface area contributed by atoms with Gasteiger partial charge in [-0.25, -0.2) is 4.79 Å². The molecule has 0 unspecified atom stereocenters. The van der Waals surface area contributed by atoms with Crippen LogP contribution in [0, 0.1) is 5.92 Å². The molecule has 2 aromatic rings. The summed E-state index contributed by atoms with van der Waals surface area (Å²) in [7, 11) is 0. The molecule has 1 aliphatic heterocycles. The van der Waals surface area contributed by atoms with Crippen molar-refractivity contribution in [3.63, 3.8) is 0 Å². The van der Waals surface area contributed by atoms with Crippen molar-refractivity contribution in [3.05, 3.63) is 29.5 Å². The van der Waals surface area contributed by atoms with E-state index in [9.17, 15) is 9.90 Å². The molecule has 1 N–H and O–H groups in total. The summed E-state index contributed by atoms with van der Waals surface area (Å²) in [4.78, 5) is 14.0. The van der Waals surface area contributed by atoms with Gasteiger partial charge in [0.15, 0.2) is 5.58 Å². The van der Waals surface area contributed by atoms with E-state index < -0.39 is 5.60 Å². The van der Waals surface area contributed by atoms with Crippen molar-refractivity contribution in [2.75, 3.05) is 13.1 Å². The molecule has 0 radical (unpaired) electrons. The molecule has 3 rings (SSSR count). The van der Waals surface area contributed by atoms with Crippen LogP contribution in [-0.4, -0.2) is 39.9 Å². The first-order valence-corrected chi connectivity index (χ1v) is 9.99. The third-order valence-corrected chi connectivity index (χ3v) is 5.12. The van der Waals surface area contributed by atoms with Gasteiger partial charge >= 0.3 is 6.09 Å². The van der Waals surface area contributed by atoms with E-state index in [4.69, 9.17) is 9.26 Å². The van der Waals surface area contributed by atoms with Crippen molar-refractivity contribution in [1.29, 1.82) is 0 Å². The molecular weight excluding hydrogens is 356 g/mol. The molecule has 0 atom stereocenters. The van der Waals surface area contributed by atoms with E-state index in [1.165, 1.54) is 0 Å². The number of ether oxygens (including phenoxy) is 1. The summed E-state index contributed by atoms with van der Waals surface area (Å²) in [6.45, 7) is 9.04. The highest BCUT2D eigenvalue weighted by Gasteiger charge is 2.27. The second-order valence-electron chi connectivity index (χ2n) is 8.45. The normalized spacial score (nSPS) is 16.2. The van der Waals surface area contributed by atoms with E-state index in [0.717, 1.165) is 49.9 Å². The number of likely N-dealkylation sites (tertiary alicyclic amines) is 1. The molecule has 2 heterocycles. The lowest BCUT2D eigenvalue weighted by molar-refractivity contribution is 0.0181. The van der Waals surface area contributed by atoms with Crippen molar-refractivity contribution < 1.29 is 19.2 Å². The number of hydrogen-bond donors (Lipinski definition) is 1. The summed E-state index contributed by atoms with van der Waals surface area (Å²) in [5.41, 5.74) is 1.77. The van der Waals surface area contributed by atoms with E-state index in [-0.39, 0.29) is 11.8 Å². The Labute approximate surface area is 166 Å². The van der Waals surface area contributed by atoms with Crippen LogP contribution >= 0.6 is 0 Å². The number of carbonyl (C=O) groups is 1. The highest BCUT2D eigenvalue weighted by atomic mass is 16.6. The zero-order valence-corrected chi connectivity index (χ0v) is 17.2. The number of piperidine rings is 1. The minimum Gasteiger partial charge on any atom is -0.507 e. The average molecular weight is 386 g/mol. The summed E-state index contributed by atoms with van der Waals surface area (Å²) in [5.74, 6) is 0.750.